The van der Waals surface area contributed by atoms with Crippen molar-refractivity contribution in [1.29, 1.82) is 0 Å². The summed E-state index contributed by atoms with van der Waals surface area (Å²) in [5.74, 6) is 1.26. The van der Waals surface area contributed by atoms with Gasteiger partial charge in [-0.15, -0.1) is 0 Å². The third kappa shape index (κ3) is 3.75. The molecular formula is C11H16N6. The predicted molar refractivity (Wildman–Crippen MR) is 66.4 cm³/mol. The number of rotatable bonds is 6. The highest BCUT2D eigenvalue weighted by atomic mass is 15.0. The van der Waals surface area contributed by atoms with Gasteiger partial charge in [0.25, 0.3) is 0 Å². The van der Waals surface area contributed by atoms with Gasteiger partial charge in [0, 0.05) is 31.5 Å². The summed E-state index contributed by atoms with van der Waals surface area (Å²) in [6.07, 6.45) is 9.23. The molecule has 0 fully saturated rings. The number of nitrogens with one attached hydrogen (secondary N) is 1. The third-order valence-electron chi connectivity index (χ3n) is 2.40. The van der Waals surface area contributed by atoms with Crippen LogP contribution in [0.2, 0.25) is 0 Å². The van der Waals surface area contributed by atoms with Crippen LogP contribution >= 0.6 is 0 Å². The van der Waals surface area contributed by atoms with Crippen molar-refractivity contribution in [3.8, 4) is 0 Å². The molecule has 6 nitrogen and oxygen atoms in total. The zero-order valence-corrected chi connectivity index (χ0v) is 9.58. The Morgan fingerprint density at radius 2 is 2.24 bits per heavy atom. The van der Waals surface area contributed by atoms with Gasteiger partial charge in [-0.25, -0.2) is 15.0 Å². The Kier molecular flexibility index (Phi) is 3.90. The first-order valence-electron chi connectivity index (χ1n) is 5.62. The average molecular weight is 232 g/mol. The molecule has 0 radical (unpaired) electrons. The SMILES string of the molecule is Nc1cc(NCCCCn2ccnc2)ncn1. The lowest BCUT2D eigenvalue weighted by Gasteiger charge is -2.05. The minimum absolute atomic E-state index is 0.487. The molecule has 0 aromatic carbocycles. The second-order valence-electron chi connectivity index (χ2n) is 3.76. The van der Waals surface area contributed by atoms with Crippen molar-refractivity contribution in [2.24, 2.45) is 0 Å². The monoisotopic (exact) mass is 232 g/mol. The van der Waals surface area contributed by atoms with E-state index in [-0.39, 0.29) is 0 Å². The fraction of sp³-hybridized carbons (Fsp3) is 0.364. The number of nitrogens with zero attached hydrogens (tertiary/aromatic N) is 4. The summed E-state index contributed by atoms with van der Waals surface area (Å²) >= 11 is 0. The van der Waals surface area contributed by atoms with E-state index in [0.717, 1.165) is 31.7 Å². The van der Waals surface area contributed by atoms with Gasteiger partial charge in [0.15, 0.2) is 0 Å². The zero-order chi connectivity index (χ0) is 11.9. The molecule has 0 bridgehead atoms. The van der Waals surface area contributed by atoms with Gasteiger partial charge in [0.2, 0.25) is 0 Å². The number of hydrogen-bond donors (Lipinski definition) is 2. The van der Waals surface area contributed by atoms with E-state index in [2.05, 4.69) is 24.8 Å². The highest BCUT2D eigenvalue weighted by Gasteiger charge is 1.95. The lowest BCUT2D eigenvalue weighted by molar-refractivity contribution is 0.620. The number of imidazole rings is 1. The molecule has 2 aromatic heterocycles. The predicted octanol–water partition coefficient (Wildman–Crippen LogP) is 1.15. The molecule has 6 heteroatoms. The number of nitrogens with two attached hydrogens (primary N) is 1. The summed E-state index contributed by atoms with van der Waals surface area (Å²) in [6, 6.07) is 1.73. The van der Waals surface area contributed by atoms with Crippen molar-refractivity contribution in [2.75, 3.05) is 17.6 Å². The van der Waals surface area contributed by atoms with Crippen molar-refractivity contribution in [3.05, 3.63) is 31.1 Å². The summed E-state index contributed by atoms with van der Waals surface area (Å²) < 4.78 is 2.07. The van der Waals surface area contributed by atoms with E-state index in [1.807, 2.05) is 12.5 Å². The minimum Gasteiger partial charge on any atom is -0.384 e. The number of nitrogen functional groups attached to an aromatic ring is 1. The Hall–Kier alpha value is -2.11. The minimum atomic E-state index is 0.487. The van der Waals surface area contributed by atoms with E-state index in [0.29, 0.717) is 5.82 Å². The fourth-order valence-corrected chi connectivity index (χ4v) is 1.52. The van der Waals surface area contributed by atoms with Gasteiger partial charge in [0.05, 0.1) is 6.33 Å². The zero-order valence-electron chi connectivity index (χ0n) is 9.58. The van der Waals surface area contributed by atoms with Crippen molar-refractivity contribution in [1.82, 2.24) is 19.5 Å². The molecule has 0 saturated carbocycles. The highest BCUT2D eigenvalue weighted by molar-refractivity contribution is 5.42. The molecule has 0 atom stereocenters. The second kappa shape index (κ2) is 5.83. The Balaban J connectivity index is 1.63. The number of hydrogen-bond acceptors (Lipinski definition) is 5. The molecule has 2 aromatic rings. The molecule has 17 heavy (non-hydrogen) atoms. The maximum Gasteiger partial charge on any atom is 0.131 e. The summed E-state index contributed by atoms with van der Waals surface area (Å²) in [7, 11) is 0. The number of aromatic nitrogens is 4. The molecule has 0 aliphatic heterocycles. The molecule has 0 spiro atoms. The van der Waals surface area contributed by atoms with Gasteiger partial charge in [-0.05, 0) is 12.8 Å². The van der Waals surface area contributed by atoms with Crippen LogP contribution in [0.1, 0.15) is 12.8 Å². The Morgan fingerprint density at radius 3 is 3.00 bits per heavy atom. The molecule has 0 amide bonds. The Morgan fingerprint density at radius 1 is 1.29 bits per heavy atom. The van der Waals surface area contributed by atoms with Gasteiger partial charge in [0.1, 0.15) is 18.0 Å². The third-order valence-corrected chi connectivity index (χ3v) is 2.40. The molecule has 3 N–H and O–H groups in total. The maximum atomic E-state index is 5.55. The van der Waals surface area contributed by atoms with Crippen LogP contribution in [-0.4, -0.2) is 26.1 Å². The molecule has 0 aliphatic rings. The quantitative estimate of drug-likeness (QED) is 0.730. The van der Waals surface area contributed by atoms with Gasteiger partial charge in [-0.3, -0.25) is 0 Å². The molecule has 2 rings (SSSR count). The molecule has 90 valence electrons. The molecule has 0 saturated heterocycles. The van der Waals surface area contributed by atoms with Crippen LogP contribution in [0.3, 0.4) is 0 Å². The van der Waals surface area contributed by atoms with Gasteiger partial charge < -0.3 is 15.6 Å². The Labute approximate surface area is 99.9 Å². The van der Waals surface area contributed by atoms with Crippen LogP contribution in [0.15, 0.2) is 31.1 Å². The van der Waals surface area contributed by atoms with Gasteiger partial charge in [-0.1, -0.05) is 0 Å². The lowest BCUT2D eigenvalue weighted by atomic mass is 10.3. The topological polar surface area (TPSA) is 81.6 Å². The summed E-state index contributed by atoms with van der Waals surface area (Å²) in [4.78, 5) is 11.9. The molecule has 2 heterocycles. The number of anilines is 2. The van der Waals surface area contributed by atoms with E-state index in [1.165, 1.54) is 6.33 Å². The highest BCUT2D eigenvalue weighted by Crippen LogP contribution is 2.05. The van der Waals surface area contributed by atoms with E-state index in [4.69, 9.17) is 5.73 Å². The average Bonchev–Trinajstić information content (AvgIpc) is 2.82. The summed E-state index contributed by atoms with van der Waals surface area (Å²) in [5.41, 5.74) is 5.55. The number of unbranched alkanes of at least 4 members (excludes halogenated alkanes) is 1. The summed E-state index contributed by atoms with van der Waals surface area (Å²) in [6.45, 7) is 1.87. The van der Waals surface area contributed by atoms with E-state index >= 15 is 0 Å². The van der Waals surface area contributed by atoms with Crippen LogP contribution in [0, 0.1) is 0 Å². The summed E-state index contributed by atoms with van der Waals surface area (Å²) in [5, 5.41) is 3.21. The van der Waals surface area contributed by atoms with Crippen LogP contribution in [0.4, 0.5) is 11.6 Å². The first-order valence-corrected chi connectivity index (χ1v) is 5.62. The van der Waals surface area contributed by atoms with Crippen LogP contribution in [-0.2, 0) is 6.54 Å². The normalized spacial score (nSPS) is 10.4. The van der Waals surface area contributed by atoms with Gasteiger partial charge in [-0.2, -0.15) is 0 Å². The van der Waals surface area contributed by atoms with Crippen molar-refractivity contribution in [3.63, 3.8) is 0 Å². The van der Waals surface area contributed by atoms with Crippen molar-refractivity contribution >= 4 is 11.6 Å². The Bertz CT molecular complexity index is 439. The van der Waals surface area contributed by atoms with Crippen LogP contribution < -0.4 is 11.1 Å². The van der Waals surface area contributed by atoms with E-state index < -0.39 is 0 Å². The molecular weight excluding hydrogens is 216 g/mol. The number of aryl methyl sites for hydroxylation is 1. The van der Waals surface area contributed by atoms with Crippen LogP contribution in [0.25, 0.3) is 0 Å². The standard InChI is InChI=1S/C11H16N6/c12-10-7-11(16-8-15-10)14-3-1-2-5-17-6-4-13-9-17/h4,6-9H,1-3,5H2,(H3,12,14,15,16). The smallest absolute Gasteiger partial charge is 0.131 e. The van der Waals surface area contributed by atoms with Crippen molar-refractivity contribution < 1.29 is 0 Å². The first-order chi connectivity index (χ1) is 8.34. The van der Waals surface area contributed by atoms with E-state index in [9.17, 15) is 0 Å². The lowest BCUT2D eigenvalue weighted by Crippen LogP contribution is -2.06. The maximum absolute atomic E-state index is 5.55. The van der Waals surface area contributed by atoms with Gasteiger partial charge >= 0.3 is 0 Å². The molecule has 0 unspecified atom stereocenters. The largest absolute Gasteiger partial charge is 0.384 e. The first kappa shape index (κ1) is 11.4. The fourth-order valence-electron chi connectivity index (χ4n) is 1.52. The van der Waals surface area contributed by atoms with Crippen molar-refractivity contribution in [2.45, 2.75) is 19.4 Å². The van der Waals surface area contributed by atoms with E-state index in [1.54, 1.807) is 12.3 Å². The second-order valence-corrected chi connectivity index (χ2v) is 3.76. The molecule has 0 aliphatic carbocycles. The van der Waals surface area contributed by atoms with Crippen LogP contribution in [0.5, 0.6) is 0 Å².